The van der Waals surface area contributed by atoms with E-state index in [0.29, 0.717) is 4.47 Å². The number of halogens is 2. The number of rotatable bonds is 4. The van der Waals surface area contributed by atoms with Gasteiger partial charge in [0.25, 0.3) is 0 Å². The molecule has 0 fully saturated rings. The minimum atomic E-state index is -1.19. The highest BCUT2D eigenvalue weighted by atomic mass is 79.9. The van der Waals surface area contributed by atoms with E-state index in [1.165, 1.54) is 0 Å². The van der Waals surface area contributed by atoms with E-state index in [4.69, 9.17) is 0 Å². The van der Waals surface area contributed by atoms with E-state index in [1.807, 2.05) is 33.8 Å². The molecule has 140 valence electrons. The molecule has 2 aromatic rings. The van der Waals surface area contributed by atoms with E-state index in [2.05, 4.69) is 52.2 Å². The van der Waals surface area contributed by atoms with Crippen LogP contribution in [0, 0.1) is 11.2 Å². The summed E-state index contributed by atoms with van der Waals surface area (Å²) in [4.78, 5) is 0. The molecule has 1 aromatic heterocycles. The predicted molar refractivity (Wildman–Crippen MR) is 108 cm³/mol. The standard InChI is InChI=1S/C19H28BrFN2OS/c1-12(22-25(24)19(5,6)7)14-10-23(11-18(2,3)4)17-9-15(20)16(21)8-13(14)17/h8-10,12,22H,11H2,1-7H3/t12-,25+/m1/s1. The Morgan fingerprint density at radius 1 is 1.24 bits per heavy atom. The van der Waals surface area contributed by atoms with Gasteiger partial charge < -0.3 is 9.12 Å². The van der Waals surface area contributed by atoms with Crippen molar-refractivity contribution in [2.75, 3.05) is 0 Å². The molecule has 0 radical (unpaired) electrons. The molecule has 0 aliphatic carbocycles. The Morgan fingerprint density at radius 3 is 2.36 bits per heavy atom. The van der Waals surface area contributed by atoms with Gasteiger partial charge >= 0.3 is 0 Å². The SMILES string of the molecule is C[C@@H](N[S@@+]([O-])C(C)(C)C)c1cn(CC(C)(C)C)c2cc(Br)c(F)cc12. The number of hydrogen-bond acceptors (Lipinski definition) is 2. The van der Waals surface area contributed by atoms with Gasteiger partial charge in [0.05, 0.1) is 10.5 Å². The fraction of sp³-hybridized carbons (Fsp3) is 0.579. The fourth-order valence-electron chi connectivity index (χ4n) is 2.70. The number of aromatic nitrogens is 1. The predicted octanol–water partition coefficient (Wildman–Crippen LogP) is 5.70. The molecular weight excluding hydrogens is 403 g/mol. The second-order valence-electron chi connectivity index (χ2n) is 8.78. The molecule has 0 bridgehead atoms. The van der Waals surface area contributed by atoms with Crippen molar-refractivity contribution in [3.05, 3.63) is 34.2 Å². The quantitative estimate of drug-likeness (QED) is 0.631. The number of fused-ring (bicyclic) bond motifs is 1. The van der Waals surface area contributed by atoms with Crippen LogP contribution in [0.15, 0.2) is 22.8 Å². The van der Waals surface area contributed by atoms with Crippen LogP contribution in [-0.4, -0.2) is 13.9 Å². The molecule has 25 heavy (non-hydrogen) atoms. The van der Waals surface area contributed by atoms with Crippen LogP contribution in [0.5, 0.6) is 0 Å². The Hall–Kier alpha value is -0.560. The van der Waals surface area contributed by atoms with Crippen molar-refractivity contribution in [2.45, 2.75) is 65.8 Å². The minimum absolute atomic E-state index is 0.0922. The molecule has 0 unspecified atom stereocenters. The molecule has 0 saturated heterocycles. The molecular formula is C19H28BrFN2OS. The molecule has 2 rings (SSSR count). The second-order valence-corrected chi connectivity index (χ2v) is 11.6. The molecule has 1 aromatic carbocycles. The lowest BCUT2D eigenvalue weighted by Crippen LogP contribution is -2.40. The maximum atomic E-state index is 14.2. The lowest BCUT2D eigenvalue weighted by Gasteiger charge is -2.26. The zero-order valence-corrected chi connectivity index (χ0v) is 18.4. The van der Waals surface area contributed by atoms with Crippen LogP contribution in [0.4, 0.5) is 4.39 Å². The van der Waals surface area contributed by atoms with Gasteiger partial charge in [-0.25, -0.2) is 4.39 Å². The van der Waals surface area contributed by atoms with Gasteiger partial charge in [-0.15, -0.1) is 4.72 Å². The van der Waals surface area contributed by atoms with Gasteiger partial charge in [0.2, 0.25) is 0 Å². The normalized spacial score (nSPS) is 15.6. The number of nitrogens with zero attached hydrogens (tertiary/aromatic N) is 1. The van der Waals surface area contributed by atoms with Crippen molar-refractivity contribution < 1.29 is 8.94 Å². The average Bonchev–Trinajstić information content (AvgIpc) is 2.74. The number of nitrogens with one attached hydrogen (secondary N) is 1. The molecule has 0 spiro atoms. The molecule has 6 heteroatoms. The van der Waals surface area contributed by atoms with Gasteiger partial charge in [0.15, 0.2) is 0 Å². The second kappa shape index (κ2) is 7.22. The van der Waals surface area contributed by atoms with Gasteiger partial charge in [0.1, 0.15) is 10.6 Å². The van der Waals surface area contributed by atoms with Crippen LogP contribution in [0.1, 0.15) is 60.1 Å². The summed E-state index contributed by atoms with van der Waals surface area (Å²) in [5.41, 5.74) is 2.03. The Kier molecular flexibility index (Phi) is 5.99. The molecule has 0 saturated carbocycles. The van der Waals surface area contributed by atoms with Crippen molar-refractivity contribution in [2.24, 2.45) is 5.41 Å². The first-order valence-corrected chi connectivity index (χ1v) is 10.4. The lowest BCUT2D eigenvalue weighted by molar-refractivity contribution is 0.349. The van der Waals surface area contributed by atoms with Crippen LogP contribution in [0.2, 0.25) is 0 Å². The van der Waals surface area contributed by atoms with Crippen molar-refractivity contribution in [3.63, 3.8) is 0 Å². The molecule has 1 N–H and O–H groups in total. The van der Waals surface area contributed by atoms with E-state index in [1.54, 1.807) is 6.07 Å². The first-order chi connectivity index (χ1) is 11.3. The monoisotopic (exact) mass is 430 g/mol. The van der Waals surface area contributed by atoms with E-state index < -0.39 is 11.4 Å². The summed E-state index contributed by atoms with van der Waals surface area (Å²) >= 11 is 2.10. The molecule has 0 aliphatic rings. The first-order valence-electron chi connectivity index (χ1n) is 8.45. The summed E-state index contributed by atoms with van der Waals surface area (Å²) in [6.07, 6.45) is 2.05. The topological polar surface area (TPSA) is 40.0 Å². The smallest absolute Gasteiger partial charge is 0.138 e. The third-order valence-electron chi connectivity index (χ3n) is 3.91. The maximum absolute atomic E-state index is 14.2. The van der Waals surface area contributed by atoms with Gasteiger partial charge in [-0.3, -0.25) is 0 Å². The summed E-state index contributed by atoms with van der Waals surface area (Å²) in [5, 5.41) is 0.857. The van der Waals surface area contributed by atoms with Crippen molar-refractivity contribution in [1.82, 2.24) is 9.29 Å². The highest BCUT2D eigenvalue weighted by molar-refractivity contribution is 9.10. The first kappa shape index (κ1) is 20.7. The van der Waals surface area contributed by atoms with Gasteiger partial charge in [-0.2, -0.15) is 0 Å². The lowest BCUT2D eigenvalue weighted by atomic mass is 9.97. The largest absolute Gasteiger partial charge is 0.598 e. The Bertz CT molecular complexity index is 761. The Morgan fingerprint density at radius 2 is 1.84 bits per heavy atom. The molecule has 2 atom stereocenters. The third-order valence-corrected chi connectivity index (χ3v) is 6.19. The van der Waals surface area contributed by atoms with E-state index in [0.717, 1.165) is 23.0 Å². The van der Waals surface area contributed by atoms with Crippen molar-refractivity contribution in [3.8, 4) is 0 Å². The van der Waals surface area contributed by atoms with Crippen LogP contribution in [0.25, 0.3) is 10.9 Å². The van der Waals surface area contributed by atoms with Crippen molar-refractivity contribution >= 4 is 38.2 Å². The minimum Gasteiger partial charge on any atom is -0.598 e. The van der Waals surface area contributed by atoms with E-state index >= 15 is 0 Å². The Balaban J connectivity index is 2.50. The summed E-state index contributed by atoms with van der Waals surface area (Å²) in [5.74, 6) is -0.286. The van der Waals surface area contributed by atoms with Crippen molar-refractivity contribution in [1.29, 1.82) is 0 Å². The van der Waals surface area contributed by atoms with Gasteiger partial charge in [-0.1, -0.05) is 20.8 Å². The maximum Gasteiger partial charge on any atom is 0.138 e. The summed E-state index contributed by atoms with van der Waals surface area (Å²) < 4.78 is 32.0. The van der Waals surface area contributed by atoms with Gasteiger partial charge in [-0.05, 0) is 66.7 Å². The highest BCUT2D eigenvalue weighted by Crippen LogP contribution is 2.33. The molecule has 0 amide bonds. The van der Waals surface area contributed by atoms with Crippen LogP contribution >= 0.6 is 15.9 Å². The van der Waals surface area contributed by atoms with Gasteiger partial charge in [0, 0.05) is 35.0 Å². The molecule has 0 aliphatic heterocycles. The highest BCUT2D eigenvalue weighted by Gasteiger charge is 2.29. The van der Waals surface area contributed by atoms with E-state index in [9.17, 15) is 8.94 Å². The summed E-state index contributed by atoms with van der Waals surface area (Å²) in [7, 11) is 0. The van der Waals surface area contributed by atoms with Crippen LogP contribution in [0.3, 0.4) is 0 Å². The van der Waals surface area contributed by atoms with Crippen LogP contribution in [-0.2, 0) is 17.9 Å². The molecule has 1 heterocycles. The van der Waals surface area contributed by atoms with E-state index in [-0.39, 0.29) is 22.0 Å². The number of benzene rings is 1. The zero-order chi connectivity index (χ0) is 19.2. The third kappa shape index (κ3) is 5.00. The summed E-state index contributed by atoms with van der Waals surface area (Å²) in [6, 6.07) is 3.24. The summed E-state index contributed by atoms with van der Waals surface area (Å²) in [6.45, 7) is 15.1. The van der Waals surface area contributed by atoms with Crippen LogP contribution < -0.4 is 4.72 Å². The number of hydrogen-bond donors (Lipinski definition) is 1. The Labute approximate surface area is 161 Å². The molecule has 3 nitrogen and oxygen atoms in total. The average molecular weight is 431 g/mol. The zero-order valence-electron chi connectivity index (χ0n) is 16.0. The fourth-order valence-corrected chi connectivity index (χ4v) is 3.83.